The number of Topliss-reactive ketones (excluding diaryl/α,β-unsaturated/α-hetero) is 1. The first-order valence-electron chi connectivity index (χ1n) is 10.9. The van der Waals surface area contributed by atoms with Crippen molar-refractivity contribution < 1.29 is 9.59 Å². The van der Waals surface area contributed by atoms with Crippen LogP contribution in [0.1, 0.15) is 55.6 Å². The van der Waals surface area contributed by atoms with Crippen molar-refractivity contribution in [2.24, 2.45) is 0 Å². The van der Waals surface area contributed by atoms with E-state index in [2.05, 4.69) is 67.5 Å². The first kappa shape index (κ1) is 22.3. The average molecular weight is 449 g/mol. The Morgan fingerprint density at radius 1 is 1.09 bits per heavy atom. The fraction of sp³-hybridized carbons (Fsp3) is 0.360. The summed E-state index contributed by atoms with van der Waals surface area (Å²) in [6, 6.07) is 13.9. The van der Waals surface area contributed by atoms with Gasteiger partial charge in [-0.1, -0.05) is 56.8 Å². The third-order valence-corrected chi connectivity index (χ3v) is 6.66. The maximum absolute atomic E-state index is 12.8. The highest BCUT2D eigenvalue weighted by molar-refractivity contribution is 7.99. The zero-order valence-corrected chi connectivity index (χ0v) is 19.8. The lowest BCUT2D eigenvalue weighted by molar-refractivity contribution is -0.116. The van der Waals surface area contributed by atoms with Gasteiger partial charge in [0.15, 0.2) is 16.8 Å². The van der Waals surface area contributed by atoms with Crippen LogP contribution in [0.25, 0.3) is 11.4 Å². The first-order chi connectivity index (χ1) is 15.3. The van der Waals surface area contributed by atoms with E-state index in [1.165, 1.54) is 17.3 Å². The van der Waals surface area contributed by atoms with E-state index in [9.17, 15) is 9.59 Å². The van der Waals surface area contributed by atoms with E-state index in [0.29, 0.717) is 18.4 Å². The molecule has 0 atom stereocenters. The number of ketones is 1. The molecule has 32 heavy (non-hydrogen) atoms. The van der Waals surface area contributed by atoms with Crippen LogP contribution in [0.2, 0.25) is 0 Å². The van der Waals surface area contributed by atoms with Crippen LogP contribution >= 0.6 is 11.8 Å². The number of benzene rings is 2. The Balaban J connectivity index is 1.48. The number of nitrogens with one attached hydrogen (secondary N) is 1. The van der Waals surface area contributed by atoms with Crippen LogP contribution in [0.4, 0.5) is 5.69 Å². The molecule has 1 aliphatic heterocycles. The molecule has 0 spiro atoms. The van der Waals surface area contributed by atoms with E-state index < -0.39 is 0 Å². The van der Waals surface area contributed by atoms with E-state index >= 15 is 0 Å². The van der Waals surface area contributed by atoms with Gasteiger partial charge in [0.25, 0.3) is 0 Å². The van der Waals surface area contributed by atoms with E-state index in [-0.39, 0.29) is 22.9 Å². The largest absolute Gasteiger partial charge is 0.326 e. The number of fused-ring (bicyclic) bond motifs is 1. The zero-order chi connectivity index (χ0) is 22.9. The molecule has 0 unspecified atom stereocenters. The van der Waals surface area contributed by atoms with Crippen molar-refractivity contribution in [1.82, 2.24) is 14.8 Å². The highest BCUT2D eigenvalue weighted by atomic mass is 32.2. The summed E-state index contributed by atoms with van der Waals surface area (Å²) >= 11 is 1.41. The summed E-state index contributed by atoms with van der Waals surface area (Å²) in [4.78, 5) is 24.3. The smallest absolute Gasteiger partial charge is 0.224 e. The summed E-state index contributed by atoms with van der Waals surface area (Å²) in [6.07, 6.45) is 1.12. The Kier molecular flexibility index (Phi) is 6.20. The Morgan fingerprint density at radius 3 is 2.53 bits per heavy atom. The fourth-order valence-electron chi connectivity index (χ4n) is 3.78. The highest BCUT2D eigenvalue weighted by Gasteiger charge is 2.19. The van der Waals surface area contributed by atoms with E-state index in [1.807, 2.05) is 16.7 Å². The minimum absolute atomic E-state index is 0.0230. The number of amides is 1. The molecule has 6 nitrogen and oxygen atoms in total. The summed E-state index contributed by atoms with van der Waals surface area (Å²) in [5.41, 5.74) is 4.86. The SMILES string of the molecule is CCn1c(SCC(=O)c2ccc3c(c2)CCC(=O)N3)nnc1-c1ccc(C(C)(C)C)cc1. The highest BCUT2D eigenvalue weighted by Crippen LogP contribution is 2.29. The zero-order valence-electron chi connectivity index (χ0n) is 18.9. The molecular weight excluding hydrogens is 420 g/mol. The van der Waals surface area contributed by atoms with Gasteiger partial charge in [0, 0.05) is 29.8 Å². The van der Waals surface area contributed by atoms with Gasteiger partial charge in [0.1, 0.15) is 0 Å². The molecule has 1 amide bonds. The lowest BCUT2D eigenvalue weighted by Crippen LogP contribution is -2.19. The van der Waals surface area contributed by atoms with Crippen molar-refractivity contribution in [3.05, 3.63) is 59.2 Å². The van der Waals surface area contributed by atoms with Crippen molar-refractivity contribution in [3.8, 4) is 11.4 Å². The number of aryl methyl sites for hydroxylation is 1. The fourth-order valence-corrected chi connectivity index (χ4v) is 4.68. The van der Waals surface area contributed by atoms with Gasteiger partial charge >= 0.3 is 0 Å². The Hall–Kier alpha value is -2.93. The number of thioether (sulfide) groups is 1. The van der Waals surface area contributed by atoms with E-state index in [0.717, 1.165) is 34.3 Å². The molecule has 0 saturated carbocycles. The molecule has 0 bridgehead atoms. The molecule has 4 rings (SSSR count). The number of rotatable bonds is 6. The van der Waals surface area contributed by atoms with Crippen LogP contribution in [-0.4, -0.2) is 32.2 Å². The Morgan fingerprint density at radius 2 is 1.84 bits per heavy atom. The number of carbonyl (C=O) groups excluding carboxylic acids is 2. The number of nitrogens with zero attached hydrogens (tertiary/aromatic N) is 3. The van der Waals surface area contributed by atoms with Gasteiger partial charge in [-0.2, -0.15) is 0 Å². The van der Waals surface area contributed by atoms with Gasteiger partial charge in [-0.25, -0.2) is 0 Å². The minimum atomic E-state index is 0.0230. The third-order valence-electron chi connectivity index (χ3n) is 5.70. The first-order valence-corrected chi connectivity index (χ1v) is 11.9. The van der Waals surface area contributed by atoms with Gasteiger partial charge in [0.2, 0.25) is 5.91 Å². The summed E-state index contributed by atoms with van der Waals surface area (Å²) < 4.78 is 2.05. The molecule has 7 heteroatoms. The molecule has 0 fully saturated rings. The van der Waals surface area contributed by atoms with E-state index in [1.54, 1.807) is 6.07 Å². The molecule has 2 aromatic carbocycles. The number of hydrogen-bond donors (Lipinski definition) is 1. The molecular formula is C25H28N4O2S. The standard InChI is InChI=1S/C25H28N4O2S/c1-5-29-23(16-6-10-19(11-7-16)25(2,3)4)27-28-24(29)32-15-21(30)18-8-12-20-17(14-18)9-13-22(31)26-20/h6-8,10-12,14H,5,9,13,15H2,1-4H3,(H,26,31). The molecule has 1 aromatic heterocycles. The van der Waals surface area contributed by atoms with Crippen molar-refractivity contribution in [3.63, 3.8) is 0 Å². The average Bonchev–Trinajstić information content (AvgIpc) is 3.19. The molecule has 2 heterocycles. The maximum atomic E-state index is 12.8. The number of aromatic nitrogens is 3. The summed E-state index contributed by atoms with van der Waals surface area (Å²) in [5.74, 6) is 1.16. The van der Waals surface area contributed by atoms with Crippen LogP contribution in [0, 0.1) is 0 Å². The summed E-state index contributed by atoms with van der Waals surface area (Å²) in [5, 5.41) is 12.3. The van der Waals surface area contributed by atoms with Crippen molar-refractivity contribution in [2.45, 2.75) is 57.7 Å². The third kappa shape index (κ3) is 4.63. The summed E-state index contributed by atoms with van der Waals surface area (Å²) in [7, 11) is 0. The van der Waals surface area contributed by atoms with Crippen LogP contribution < -0.4 is 5.32 Å². The van der Waals surface area contributed by atoms with Crippen molar-refractivity contribution in [1.29, 1.82) is 0 Å². The Bertz CT molecular complexity index is 1160. The topological polar surface area (TPSA) is 76.9 Å². The van der Waals surface area contributed by atoms with E-state index in [4.69, 9.17) is 0 Å². The molecule has 0 saturated heterocycles. The number of anilines is 1. The number of carbonyl (C=O) groups is 2. The molecule has 0 radical (unpaired) electrons. The predicted molar refractivity (Wildman–Crippen MR) is 128 cm³/mol. The second-order valence-electron chi connectivity index (χ2n) is 9.01. The lowest BCUT2D eigenvalue weighted by Gasteiger charge is -2.19. The Labute approximate surface area is 192 Å². The normalized spacial score (nSPS) is 13.6. The quantitative estimate of drug-likeness (QED) is 0.418. The molecule has 0 aliphatic carbocycles. The monoisotopic (exact) mass is 448 g/mol. The minimum Gasteiger partial charge on any atom is -0.326 e. The van der Waals surface area contributed by atoms with Crippen LogP contribution in [0.3, 0.4) is 0 Å². The lowest BCUT2D eigenvalue weighted by atomic mass is 9.87. The maximum Gasteiger partial charge on any atom is 0.224 e. The predicted octanol–water partition coefficient (Wildman–Crippen LogP) is 5.12. The van der Waals surface area contributed by atoms with Crippen molar-refractivity contribution >= 4 is 29.1 Å². The summed E-state index contributed by atoms with van der Waals surface area (Å²) in [6.45, 7) is 9.36. The van der Waals surface area contributed by atoms with Crippen LogP contribution in [-0.2, 0) is 23.2 Å². The van der Waals surface area contributed by atoms with Crippen molar-refractivity contribution in [2.75, 3.05) is 11.1 Å². The van der Waals surface area contributed by atoms with Crippen LogP contribution in [0.5, 0.6) is 0 Å². The van der Waals surface area contributed by atoms with Crippen LogP contribution in [0.15, 0.2) is 47.6 Å². The van der Waals surface area contributed by atoms with Gasteiger partial charge in [-0.05, 0) is 48.1 Å². The molecule has 166 valence electrons. The van der Waals surface area contributed by atoms with Gasteiger partial charge in [-0.15, -0.1) is 10.2 Å². The number of hydrogen-bond acceptors (Lipinski definition) is 5. The second kappa shape index (κ2) is 8.90. The molecule has 1 aliphatic rings. The molecule has 3 aromatic rings. The van der Waals surface area contributed by atoms with Gasteiger partial charge in [-0.3, -0.25) is 9.59 Å². The molecule has 1 N–H and O–H groups in total. The second-order valence-corrected chi connectivity index (χ2v) is 9.95. The van der Waals surface area contributed by atoms with Gasteiger partial charge < -0.3 is 9.88 Å². The van der Waals surface area contributed by atoms with Gasteiger partial charge in [0.05, 0.1) is 5.75 Å².